The lowest BCUT2D eigenvalue weighted by Crippen LogP contribution is -2.35. The number of amides is 2. The van der Waals surface area contributed by atoms with Crippen molar-refractivity contribution in [1.29, 1.82) is 0 Å². The topological polar surface area (TPSA) is 78.9 Å². The van der Waals surface area contributed by atoms with Crippen LogP contribution in [0.25, 0.3) is 6.08 Å². The number of hydrogen-bond donors (Lipinski definition) is 2. The zero-order valence-corrected chi connectivity index (χ0v) is 15.3. The number of phenolic OH excluding ortho intramolecular Hbond substituents is 1. The number of methoxy groups -OCH3 is 1. The second-order valence-corrected chi connectivity index (χ2v) is 6.49. The maximum Gasteiger partial charge on any atom is 0.282 e. The predicted molar refractivity (Wildman–Crippen MR) is 97.4 cm³/mol. The molecule has 2 aromatic rings. The number of nitrogens with zero attached hydrogens (tertiary/aromatic N) is 1. The standard InChI is InChI=1S/C17H12BrClN2O4/c1-25-14-8-9(7-13(19)15(14)22)6-12-16(23)20-21(17(12)24)11-4-2-10(18)3-5-11/h2-8,22H,1H3,(H,20,23)/b12-6-. The number of aromatic hydroxyl groups is 1. The van der Waals surface area contributed by atoms with Gasteiger partial charge in [0.15, 0.2) is 11.5 Å². The minimum Gasteiger partial charge on any atom is -0.503 e. The van der Waals surface area contributed by atoms with Gasteiger partial charge in [0.25, 0.3) is 11.8 Å². The molecule has 1 aliphatic rings. The van der Waals surface area contributed by atoms with E-state index in [0.29, 0.717) is 11.3 Å². The molecule has 3 rings (SSSR count). The fourth-order valence-electron chi connectivity index (χ4n) is 2.33. The van der Waals surface area contributed by atoms with Crippen molar-refractivity contribution in [3.63, 3.8) is 0 Å². The molecule has 1 aliphatic heterocycles. The van der Waals surface area contributed by atoms with E-state index >= 15 is 0 Å². The highest BCUT2D eigenvalue weighted by Gasteiger charge is 2.34. The molecule has 0 aromatic heterocycles. The van der Waals surface area contributed by atoms with Crippen LogP contribution in [-0.2, 0) is 9.59 Å². The Morgan fingerprint density at radius 2 is 1.92 bits per heavy atom. The Morgan fingerprint density at radius 1 is 1.24 bits per heavy atom. The van der Waals surface area contributed by atoms with Gasteiger partial charge in [0.2, 0.25) is 0 Å². The first kappa shape index (κ1) is 17.3. The summed E-state index contributed by atoms with van der Waals surface area (Å²) in [5.74, 6) is -1.08. The van der Waals surface area contributed by atoms with Crippen LogP contribution in [-0.4, -0.2) is 24.0 Å². The summed E-state index contributed by atoms with van der Waals surface area (Å²) in [6.45, 7) is 0. The van der Waals surface area contributed by atoms with Crippen molar-refractivity contribution >= 4 is 51.1 Å². The average molecular weight is 424 g/mol. The Labute approximate surface area is 156 Å². The Kier molecular flexibility index (Phi) is 4.69. The molecule has 0 aliphatic carbocycles. The number of benzene rings is 2. The van der Waals surface area contributed by atoms with Gasteiger partial charge in [0, 0.05) is 4.47 Å². The number of carbonyl (C=O) groups excluding carboxylic acids is 2. The molecule has 2 N–H and O–H groups in total. The Morgan fingerprint density at radius 3 is 2.56 bits per heavy atom. The highest BCUT2D eigenvalue weighted by molar-refractivity contribution is 9.10. The molecule has 1 fully saturated rings. The Balaban J connectivity index is 1.96. The van der Waals surface area contributed by atoms with E-state index in [9.17, 15) is 14.7 Å². The van der Waals surface area contributed by atoms with Crippen LogP contribution >= 0.6 is 27.5 Å². The van der Waals surface area contributed by atoms with Gasteiger partial charge in [-0.1, -0.05) is 27.5 Å². The van der Waals surface area contributed by atoms with Gasteiger partial charge in [-0.15, -0.1) is 0 Å². The van der Waals surface area contributed by atoms with Crippen LogP contribution in [0.3, 0.4) is 0 Å². The van der Waals surface area contributed by atoms with Crippen molar-refractivity contribution in [2.75, 3.05) is 12.1 Å². The van der Waals surface area contributed by atoms with Crippen LogP contribution in [0.15, 0.2) is 46.4 Å². The van der Waals surface area contributed by atoms with E-state index in [1.54, 1.807) is 24.3 Å². The number of hydrazine groups is 1. The lowest BCUT2D eigenvalue weighted by Gasteiger charge is -2.14. The largest absolute Gasteiger partial charge is 0.503 e. The monoisotopic (exact) mass is 422 g/mol. The van der Waals surface area contributed by atoms with Gasteiger partial charge in [-0.3, -0.25) is 15.0 Å². The third-order valence-corrected chi connectivity index (χ3v) is 4.37. The summed E-state index contributed by atoms with van der Waals surface area (Å²) < 4.78 is 5.88. The molecule has 1 saturated heterocycles. The van der Waals surface area contributed by atoms with Gasteiger partial charge < -0.3 is 9.84 Å². The predicted octanol–water partition coefficient (Wildman–Crippen LogP) is 3.28. The van der Waals surface area contributed by atoms with Gasteiger partial charge in [-0.25, -0.2) is 5.01 Å². The summed E-state index contributed by atoms with van der Waals surface area (Å²) in [4.78, 5) is 24.7. The molecule has 0 unspecified atom stereocenters. The molecule has 0 saturated carbocycles. The minimum atomic E-state index is -0.531. The molecular formula is C17H12BrClN2O4. The molecule has 2 aromatic carbocycles. The van der Waals surface area contributed by atoms with Crippen molar-refractivity contribution in [2.24, 2.45) is 0 Å². The summed E-state index contributed by atoms with van der Waals surface area (Å²) in [5.41, 5.74) is 3.45. The normalized spacial score (nSPS) is 15.6. The SMILES string of the molecule is COc1cc(/C=C2/C(=O)NN(c3ccc(Br)cc3)C2=O)cc(Cl)c1O. The first-order valence-corrected chi connectivity index (χ1v) is 8.27. The van der Waals surface area contributed by atoms with Crippen molar-refractivity contribution in [1.82, 2.24) is 5.43 Å². The third kappa shape index (κ3) is 3.33. The molecular weight excluding hydrogens is 412 g/mol. The van der Waals surface area contributed by atoms with Crippen molar-refractivity contribution in [2.45, 2.75) is 0 Å². The van der Waals surface area contributed by atoms with Crippen LogP contribution in [0.4, 0.5) is 5.69 Å². The molecule has 8 heteroatoms. The molecule has 0 radical (unpaired) electrons. The van der Waals surface area contributed by atoms with E-state index in [-0.39, 0.29) is 22.1 Å². The zero-order valence-electron chi connectivity index (χ0n) is 12.9. The van der Waals surface area contributed by atoms with E-state index in [2.05, 4.69) is 21.4 Å². The summed E-state index contributed by atoms with van der Waals surface area (Å²) >= 11 is 9.25. The molecule has 25 heavy (non-hydrogen) atoms. The number of nitrogens with one attached hydrogen (secondary N) is 1. The smallest absolute Gasteiger partial charge is 0.282 e. The van der Waals surface area contributed by atoms with Gasteiger partial charge in [0.05, 0.1) is 17.8 Å². The van der Waals surface area contributed by atoms with E-state index < -0.39 is 11.8 Å². The van der Waals surface area contributed by atoms with Gasteiger partial charge in [0.1, 0.15) is 5.57 Å². The quantitative estimate of drug-likeness (QED) is 0.587. The zero-order chi connectivity index (χ0) is 18.1. The highest BCUT2D eigenvalue weighted by atomic mass is 79.9. The average Bonchev–Trinajstić information content (AvgIpc) is 2.86. The number of halogens is 2. The second-order valence-electron chi connectivity index (χ2n) is 5.17. The summed E-state index contributed by atoms with van der Waals surface area (Å²) in [7, 11) is 1.38. The van der Waals surface area contributed by atoms with E-state index in [0.717, 1.165) is 4.47 Å². The fraction of sp³-hybridized carbons (Fsp3) is 0.0588. The lowest BCUT2D eigenvalue weighted by molar-refractivity contribution is -0.117. The number of rotatable bonds is 3. The highest BCUT2D eigenvalue weighted by Crippen LogP contribution is 2.36. The first-order valence-electron chi connectivity index (χ1n) is 7.10. The van der Waals surface area contributed by atoms with Gasteiger partial charge in [-0.05, 0) is 48.0 Å². The molecule has 128 valence electrons. The second kappa shape index (κ2) is 6.78. The molecule has 0 atom stereocenters. The Bertz CT molecular complexity index is 896. The Hall–Kier alpha value is -2.51. The number of hydrogen-bond acceptors (Lipinski definition) is 4. The summed E-state index contributed by atoms with van der Waals surface area (Å²) in [5, 5.41) is 11.0. The maximum absolute atomic E-state index is 12.6. The van der Waals surface area contributed by atoms with Gasteiger partial charge in [-0.2, -0.15) is 0 Å². The van der Waals surface area contributed by atoms with Crippen molar-refractivity contribution in [3.8, 4) is 11.5 Å². The number of phenols is 1. The number of anilines is 1. The van der Waals surface area contributed by atoms with Crippen LogP contribution < -0.4 is 15.2 Å². The van der Waals surface area contributed by atoms with Crippen LogP contribution in [0.1, 0.15) is 5.56 Å². The van der Waals surface area contributed by atoms with E-state index in [1.807, 2.05) is 0 Å². The van der Waals surface area contributed by atoms with E-state index in [1.165, 1.54) is 30.3 Å². The van der Waals surface area contributed by atoms with Crippen molar-refractivity contribution in [3.05, 3.63) is 57.0 Å². The molecule has 1 heterocycles. The lowest BCUT2D eigenvalue weighted by atomic mass is 10.1. The summed E-state index contributed by atoms with van der Waals surface area (Å²) in [6, 6.07) is 9.85. The van der Waals surface area contributed by atoms with Crippen LogP contribution in [0, 0.1) is 0 Å². The molecule has 6 nitrogen and oxygen atoms in total. The first-order chi connectivity index (χ1) is 11.9. The van der Waals surface area contributed by atoms with E-state index in [4.69, 9.17) is 16.3 Å². The van der Waals surface area contributed by atoms with Crippen LogP contribution in [0.5, 0.6) is 11.5 Å². The maximum atomic E-state index is 12.6. The van der Waals surface area contributed by atoms with Crippen molar-refractivity contribution < 1.29 is 19.4 Å². The number of ether oxygens (including phenoxy) is 1. The molecule has 0 bridgehead atoms. The van der Waals surface area contributed by atoms with Gasteiger partial charge >= 0.3 is 0 Å². The molecule has 0 spiro atoms. The van der Waals surface area contributed by atoms with Crippen LogP contribution in [0.2, 0.25) is 5.02 Å². The summed E-state index contributed by atoms with van der Waals surface area (Å²) in [6.07, 6.45) is 1.39. The minimum absolute atomic E-state index is 0.0493. The third-order valence-electron chi connectivity index (χ3n) is 3.56. The number of carbonyl (C=O) groups is 2. The fourth-order valence-corrected chi connectivity index (χ4v) is 2.81. The molecule has 2 amide bonds.